The summed E-state index contributed by atoms with van der Waals surface area (Å²) in [6.07, 6.45) is -0.809. The third kappa shape index (κ3) is 4.59. The number of alkyl halides is 1. The van der Waals surface area contributed by atoms with Gasteiger partial charge in [-0.25, -0.2) is 31.5 Å². The number of hydrogen-bond donors (Lipinski definition) is 2. The average Bonchev–Trinajstić information content (AvgIpc) is 3.36. The van der Waals surface area contributed by atoms with E-state index < -0.39 is 44.2 Å². The second-order valence-electron chi connectivity index (χ2n) is 6.88. The maximum atomic E-state index is 14.7. The molecule has 3 N–H and O–H groups in total. The lowest BCUT2D eigenvalue weighted by atomic mass is 10.2. The first-order valence-corrected chi connectivity index (χ1v) is 11.6. The molecule has 0 saturated carbocycles. The molecule has 6 nitrogen and oxygen atoms in total. The molecular weight excluding hydrogens is 456 g/mol. The molecule has 0 aliphatic carbocycles. The van der Waals surface area contributed by atoms with Crippen molar-refractivity contribution in [3.05, 3.63) is 58.7 Å². The van der Waals surface area contributed by atoms with Gasteiger partial charge in [-0.3, -0.25) is 0 Å². The lowest BCUT2D eigenvalue weighted by Crippen LogP contribution is -2.21. The van der Waals surface area contributed by atoms with Gasteiger partial charge in [0.25, 0.3) is 0 Å². The molecule has 1 aliphatic heterocycles. The van der Waals surface area contributed by atoms with E-state index in [0.29, 0.717) is 6.54 Å². The number of rotatable bonds is 6. The molecule has 4 rings (SSSR count). The number of nitrogens with zero attached hydrogens (tertiary/aromatic N) is 2. The average molecular weight is 473 g/mol. The van der Waals surface area contributed by atoms with E-state index in [2.05, 4.69) is 15.0 Å². The van der Waals surface area contributed by atoms with E-state index in [0.717, 1.165) is 24.3 Å². The summed E-state index contributed by atoms with van der Waals surface area (Å²) < 4.78 is 81.7. The first-order valence-electron chi connectivity index (χ1n) is 9.10. The molecule has 0 bridgehead atoms. The Bertz CT molecular complexity index is 1180. The molecular formula is C19H17F4N4O2S2+. The van der Waals surface area contributed by atoms with E-state index in [1.54, 1.807) is 4.90 Å². The molecule has 2 aromatic carbocycles. The maximum Gasteiger partial charge on any atom is 0.397 e. The summed E-state index contributed by atoms with van der Waals surface area (Å²) in [5.41, 5.74) is 1.28. The van der Waals surface area contributed by atoms with E-state index in [1.165, 1.54) is 28.3 Å². The van der Waals surface area contributed by atoms with Gasteiger partial charge in [0.05, 0.1) is 16.9 Å². The van der Waals surface area contributed by atoms with Crippen LogP contribution >= 0.6 is 11.3 Å². The molecule has 1 saturated heterocycles. The number of hydrogen-bond acceptors (Lipinski definition) is 5. The minimum atomic E-state index is -4.01. The van der Waals surface area contributed by atoms with Gasteiger partial charge in [-0.1, -0.05) is 0 Å². The number of benzene rings is 2. The Morgan fingerprint density at radius 1 is 1.19 bits per heavy atom. The Hall–Kier alpha value is -2.86. The van der Waals surface area contributed by atoms with Crippen LogP contribution in [0.1, 0.15) is 6.42 Å². The van der Waals surface area contributed by atoms with Crippen LogP contribution in [0.2, 0.25) is 0 Å². The zero-order chi connectivity index (χ0) is 22.2. The predicted molar refractivity (Wildman–Crippen MR) is 112 cm³/mol. The summed E-state index contributed by atoms with van der Waals surface area (Å²) in [5.74, 6) is -2.74. The number of anilines is 4. The number of aromatic nitrogens is 1. The SMILES string of the molecule is O=S(=[OH+])(Nc1cscn1)c1cc(F)c(Nc2ccc(F)cc2N2CC[C@@H](F)C2)c(F)c1. The largest absolute Gasteiger partial charge is 0.397 e. The topological polar surface area (TPSA) is 78.7 Å². The summed E-state index contributed by atoms with van der Waals surface area (Å²) in [5, 5.41) is 4.03. The molecule has 0 spiro atoms. The molecule has 0 radical (unpaired) electrons. The fraction of sp³-hybridized carbons (Fsp3) is 0.211. The van der Waals surface area contributed by atoms with Crippen LogP contribution in [0.5, 0.6) is 0 Å². The summed E-state index contributed by atoms with van der Waals surface area (Å²) >= 11 is 1.18. The number of thiazole rings is 1. The minimum absolute atomic E-state index is 0.0386. The zero-order valence-electron chi connectivity index (χ0n) is 15.8. The standard InChI is InChI=1S/C19H16F4N4O2S2/c20-11-1-2-16(17(5-11)27-4-3-12(21)8-27)25-19-14(22)6-13(7-15(19)23)31(28,29)26-18-9-30-10-24-18/h1-2,5-7,9-10,12,25H,3-4,8H2,(H,26,28,29)/p+1/t12-/m1/s1. The van der Waals surface area contributed by atoms with Gasteiger partial charge in [-0.2, -0.15) is 4.21 Å². The van der Waals surface area contributed by atoms with Crippen LogP contribution in [0.15, 0.2) is 46.1 Å². The maximum absolute atomic E-state index is 14.7. The minimum Gasteiger partial charge on any atom is -0.367 e. The van der Waals surface area contributed by atoms with Gasteiger partial charge in [0.2, 0.25) is 0 Å². The fourth-order valence-corrected chi connectivity index (χ4v) is 4.83. The van der Waals surface area contributed by atoms with E-state index in [-0.39, 0.29) is 30.2 Å². The molecule has 164 valence electrons. The quantitative estimate of drug-likeness (QED) is 0.398. The zero-order valence-corrected chi connectivity index (χ0v) is 17.5. The molecule has 1 aromatic heterocycles. The Morgan fingerprint density at radius 3 is 2.55 bits per heavy atom. The highest BCUT2D eigenvalue weighted by Gasteiger charge is 2.27. The third-order valence-electron chi connectivity index (χ3n) is 4.70. The van der Waals surface area contributed by atoms with Gasteiger partial charge >= 0.3 is 10.0 Å². The van der Waals surface area contributed by atoms with Crippen molar-refractivity contribution in [2.45, 2.75) is 17.5 Å². The lowest BCUT2D eigenvalue weighted by Gasteiger charge is -2.22. The van der Waals surface area contributed by atoms with Crippen LogP contribution in [-0.4, -0.2) is 32.7 Å². The fourth-order valence-electron chi connectivity index (χ4n) is 3.24. The van der Waals surface area contributed by atoms with E-state index in [9.17, 15) is 26.0 Å². The number of halogens is 4. The van der Waals surface area contributed by atoms with Crippen molar-refractivity contribution in [3.8, 4) is 0 Å². The first-order chi connectivity index (χ1) is 14.7. The Morgan fingerprint density at radius 2 is 1.94 bits per heavy atom. The Labute approximate surface area is 179 Å². The molecule has 1 aliphatic rings. The van der Waals surface area contributed by atoms with Gasteiger partial charge in [0, 0.05) is 30.6 Å². The van der Waals surface area contributed by atoms with Crippen molar-refractivity contribution in [3.63, 3.8) is 0 Å². The number of nitrogens with one attached hydrogen (secondary N) is 2. The molecule has 0 amide bonds. The normalized spacial score (nSPS) is 18.1. The molecule has 1 unspecified atom stereocenters. The van der Waals surface area contributed by atoms with Gasteiger partial charge in [-0.15, -0.1) is 11.3 Å². The predicted octanol–water partition coefficient (Wildman–Crippen LogP) is 4.81. The molecule has 2 atom stereocenters. The van der Waals surface area contributed by atoms with Crippen molar-refractivity contribution in [1.82, 2.24) is 4.98 Å². The molecule has 12 heteroatoms. The highest BCUT2D eigenvalue weighted by molar-refractivity contribution is 7.92. The first kappa shape index (κ1) is 21.4. The lowest BCUT2D eigenvalue weighted by molar-refractivity contribution is 0.364. The van der Waals surface area contributed by atoms with Crippen LogP contribution < -0.4 is 14.9 Å². The van der Waals surface area contributed by atoms with E-state index in [4.69, 9.17) is 0 Å². The van der Waals surface area contributed by atoms with Gasteiger partial charge in [-0.05, 0) is 24.6 Å². The second kappa shape index (κ2) is 8.35. The van der Waals surface area contributed by atoms with Crippen molar-refractivity contribution in [1.29, 1.82) is 0 Å². The third-order valence-corrected chi connectivity index (χ3v) is 6.65. The van der Waals surface area contributed by atoms with Gasteiger partial charge < -0.3 is 10.2 Å². The van der Waals surface area contributed by atoms with Crippen LogP contribution in [0, 0.1) is 17.5 Å². The molecule has 2 heterocycles. The van der Waals surface area contributed by atoms with Crippen molar-refractivity contribution < 1.29 is 26.0 Å². The van der Waals surface area contributed by atoms with Gasteiger partial charge in [0.15, 0.2) is 17.5 Å². The molecule has 1 fully saturated rings. The van der Waals surface area contributed by atoms with Crippen molar-refractivity contribution in [2.24, 2.45) is 0 Å². The molecule has 3 aromatic rings. The summed E-state index contributed by atoms with van der Waals surface area (Å²) in [6.45, 7) is 0.370. The summed E-state index contributed by atoms with van der Waals surface area (Å²) in [4.78, 5) is 4.88. The van der Waals surface area contributed by atoms with Gasteiger partial charge in [0.1, 0.15) is 22.6 Å². The Balaban J connectivity index is 1.65. The summed E-state index contributed by atoms with van der Waals surface area (Å²) in [7, 11) is -4.01. The Kier molecular flexibility index (Phi) is 5.75. The van der Waals surface area contributed by atoms with Crippen LogP contribution in [-0.2, 0) is 10.0 Å². The monoisotopic (exact) mass is 473 g/mol. The second-order valence-corrected chi connectivity index (χ2v) is 9.33. The molecule has 31 heavy (non-hydrogen) atoms. The van der Waals surface area contributed by atoms with Crippen LogP contribution in [0.25, 0.3) is 0 Å². The highest BCUT2D eigenvalue weighted by atomic mass is 32.2. The van der Waals surface area contributed by atoms with Crippen molar-refractivity contribution in [2.75, 3.05) is 28.0 Å². The van der Waals surface area contributed by atoms with Crippen LogP contribution in [0.3, 0.4) is 0 Å². The van der Waals surface area contributed by atoms with Crippen LogP contribution in [0.4, 0.5) is 40.4 Å². The van der Waals surface area contributed by atoms with E-state index in [1.807, 2.05) is 0 Å². The highest BCUT2D eigenvalue weighted by Crippen LogP contribution is 2.35. The summed E-state index contributed by atoms with van der Waals surface area (Å²) in [6, 6.07) is 5.01. The van der Waals surface area contributed by atoms with Crippen molar-refractivity contribution >= 4 is 44.2 Å². The smallest absolute Gasteiger partial charge is 0.367 e. The van der Waals surface area contributed by atoms with E-state index >= 15 is 0 Å².